The van der Waals surface area contributed by atoms with Crippen LogP contribution in [0.4, 0.5) is 22.7 Å². The zero-order chi connectivity index (χ0) is 21.6. The van der Waals surface area contributed by atoms with Crippen molar-refractivity contribution in [1.29, 1.82) is 0 Å². The first kappa shape index (κ1) is 18.9. The minimum Gasteiger partial charge on any atom is -0.507 e. The summed E-state index contributed by atoms with van der Waals surface area (Å²) in [5, 5.41) is 24.7. The number of anilines is 3. The van der Waals surface area contributed by atoms with Crippen LogP contribution in [-0.4, -0.2) is 28.7 Å². The quantitative estimate of drug-likeness (QED) is 0.266. The van der Waals surface area contributed by atoms with Gasteiger partial charge in [-0.05, 0) is 30.3 Å². The number of nitrogen functional groups attached to an aromatic ring is 1. The first-order valence-corrected chi connectivity index (χ1v) is 8.77. The Morgan fingerprint density at radius 1 is 0.933 bits per heavy atom. The number of hydrogen-bond acceptors (Lipinski definition) is 8. The van der Waals surface area contributed by atoms with Gasteiger partial charge in [0.05, 0.1) is 40.1 Å². The van der Waals surface area contributed by atoms with Gasteiger partial charge in [0, 0.05) is 11.8 Å². The number of rotatable bonds is 4. The van der Waals surface area contributed by atoms with Crippen LogP contribution < -0.4 is 15.8 Å². The van der Waals surface area contributed by atoms with Crippen molar-refractivity contribution in [3.8, 4) is 11.5 Å². The van der Waals surface area contributed by atoms with Crippen molar-refractivity contribution in [2.24, 2.45) is 0 Å². The van der Waals surface area contributed by atoms with Crippen LogP contribution in [0.15, 0.2) is 48.5 Å². The molecule has 0 heterocycles. The molecule has 1 aliphatic carbocycles. The Hall–Kier alpha value is -4.40. The number of nitro groups is 1. The van der Waals surface area contributed by atoms with Gasteiger partial charge in [0.2, 0.25) is 11.6 Å². The fraction of sp³-hybridized carbons (Fsp3) is 0.0476. The summed E-state index contributed by atoms with van der Waals surface area (Å²) in [7, 11) is 1.49. The molecule has 3 aromatic rings. The Labute approximate surface area is 169 Å². The predicted octanol–water partition coefficient (Wildman–Crippen LogP) is 3.41. The Bertz CT molecular complexity index is 1250. The van der Waals surface area contributed by atoms with Crippen LogP contribution in [0.25, 0.3) is 0 Å². The van der Waals surface area contributed by atoms with Crippen LogP contribution in [-0.2, 0) is 0 Å². The number of ketones is 2. The second kappa shape index (κ2) is 6.89. The second-order valence-corrected chi connectivity index (χ2v) is 6.55. The monoisotopic (exact) mass is 405 g/mol. The maximum absolute atomic E-state index is 13.3. The molecule has 0 bridgehead atoms. The van der Waals surface area contributed by atoms with Crippen molar-refractivity contribution in [2.75, 3.05) is 18.2 Å². The summed E-state index contributed by atoms with van der Waals surface area (Å²) in [4.78, 5) is 37.1. The van der Waals surface area contributed by atoms with Crippen molar-refractivity contribution in [3.05, 3.63) is 80.9 Å². The van der Waals surface area contributed by atoms with Gasteiger partial charge in [-0.2, -0.15) is 0 Å². The van der Waals surface area contributed by atoms with Crippen LogP contribution in [0.3, 0.4) is 0 Å². The lowest BCUT2D eigenvalue weighted by atomic mass is 9.81. The van der Waals surface area contributed by atoms with E-state index in [1.54, 1.807) is 24.3 Å². The topological polar surface area (TPSA) is 145 Å². The van der Waals surface area contributed by atoms with Crippen LogP contribution >= 0.6 is 0 Å². The molecule has 9 heteroatoms. The molecule has 150 valence electrons. The molecule has 4 N–H and O–H groups in total. The highest BCUT2D eigenvalue weighted by Crippen LogP contribution is 2.42. The van der Waals surface area contributed by atoms with E-state index in [1.807, 2.05) is 0 Å². The number of hydrogen-bond donors (Lipinski definition) is 3. The predicted molar refractivity (Wildman–Crippen MR) is 109 cm³/mol. The summed E-state index contributed by atoms with van der Waals surface area (Å²) in [6.07, 6.45) is 0. The number of methoxy groups -OCH3 is 1. The fourth-order valence-corrected chi connectivity index (χ4v) is 3.54. The van der Waals surface area contributed by atoms with E-state index in [9.17, 15) is 24.8 Å². The van der Waals surface area contributed by atoms with Gasteiger partial charge in [-0.1, -0.05) is 12.1 Å². The number of ether oxygens (including phenoxy) is 1. The van der Waals surface area contributed by atoms with Crippen molar-refractivity contribution in [1.82, 2.24) is 0 Å². The SMILES string of the molecule is COc1ccccc1Nc1ccc(N)c2c1C(=O)c1c(O)ccc([N+](=O)[O-])c1C2=O. The molecule has 0 unspecified atom stereocenters. The highest BCUT2D eigenvalue weighted by molar-refractivity contribution is 6.33. The third kappa shape index (κ3) is 2.72. The molecule has 0 aromatic heterocycles. The molecule has 0 atom stereocenters. The Morgan fingerprint density at radius 2 is 1.63 bits per heavy atom. The average Bonchev–Trinajstić information content (AvgIpc) is 2.73. The summed E-state index contributed by atoms with van der Waals surface area (Å²) in [5.41, 5.74) is 5.06. The Morgan fingerprint density at radius 3 is 2.33 bits per heavy atom. The van der Waals surface area contributed by atoms with Crippen LogP contribution in [0, 0.1) is 10.1 Å². The van der Waals surface area contributed by atoms with E-state index >= 15 is 0 Å². The van der Waals surface area contributed by atoms with Gasteiger partial charge in [-0.25, -0.2) is 0 Å². The number of nitrogens with zero attached hydrogens (tertiary/aromatic N) is 1. The van der Waals surface area contributed by atoms with E-state index in [4.69, 9.17) is 10.5 Å². The van der Waals surface area contributed by atoms with E-state index in [1.165, 1.54) is 19.2 Å². The number of carbonyl (C=O) groups excluding carboxylic acids is 2. The lowest BCUT2D eigenvalue weighted by Crippen LogP contribution is -2.25. The fourth-order valence-electron chi connectivity index (χ4n) is 3.54. The molecule has 0 saturated heterocycles. The van der Waals surface area contributed by atoms with E-state index in [0.717, 1.165) is 12.1 Å². The van der Waals surface area contributed by atoms with Gasteiger partial charge >= 0.3 is 0 Å². The highest BCUT2D eigenvalue weighted by atomic mass is 16.6. The van der Waals surface area contributed by atoms with Gasteiger partial charge in [-0.3, -0.25) is 19.7 Å². The number of carbonyl (C=O) groups is 2. The molecule has 1 aliphatic rings. The first-order chi connectivity index (χ1) is 14.3. The number of nitrogens with two attached hydrogens (primary N) is 1. The number of nitrogens with one attached hydrogen (secondary N) is 1. The molecule has 0 aliphatic heterocycles. The summed E-state index contributed by atoms with van der Waals surface area (Å²) >= 11 is 0. The molecule has 9 nitrogen and oxygen atoms in total. The number of phenols is 1. The van der Waals surface area contributed by atoms with Crippen LogP contribution in [0.2, 0.25) is 0 Å². The second-order valence-electron chi connectivity index (χ2n) is 6.55. The smallest absolute Gasteiger partial charge is 0.281 e. The molecular weight excluding hydrogens is 390 g/mol. The van der Waals surface area contributed by atoms with E-state index < -0.39 is 39.1 Å². The maximum Gasteiger partial charge on any atom is 0.281 e. The number of nitro benzene ring substituents is 1. The molecule has 0 radical (unpaired) electrons. The zero-order valence-corrected chi connectivity index (χ0v) is 15.6. The third-order valence-electron chi connectivity index (χ3n) is 4.88. The minimum atomic E-state index is -0.802. The third-order valence-corrected chi connectivity index (χ3v) is 4.88. The molecule has 30 heavy (non-hydrogen) atoms. The lowest BCUT2D eigenvalue weighted by molar-refractivity contribution is -0.385. The molecule has 0 spiro atoms. The minimum absolute atomic E-state index is 0.00258. The average molecular weight is 405 g/mol. The van der Waals surface area contributed by atoms with Crippen molar-refractivity contribution < 1.29 is 24.4 Å². The molecule has 0 fully saturated rings. The van der Waals surface area contributed by atoms with Gasteiger partial charge in [0.1, 0.15) is 17.1 Å². The Kier molecular flexibility index (Phi) is 4.35. The molecule has 3 aromatic carbocycles. The molecule has 0 saturated carbocycles. The standard InChI is InChI=1S/C21H15N3O6/c1-30-15-5-3-2-4-11(15)23-12-7-6-10(22)16-17(12)21(27)19-14(25)9-8-13(24(28)29)18(19)20(16)26/h2-9,23,25H,22H2,1H3. The maximum atomic E-state index is 13.3. The normalized spacial score (nSPS) is 12.2. The largest absolute Gasteiger partial charge is 0.507 e. The number of benzene rings is 3. The van der Waals surface area contributed by atoms with Gasteiger partial charge in [-0.15, -0.1) is 0 Å². The van der Waals surface area contributed by atoms with Crippen molar-refractivity contribution >= 4 is 34.3 Å². The number of para-hydroxylation sites is 2. The molecule has 4 rings (SSSR count). The summed E-state index contributed by atoms with van der Waals surface area (Å²) in [6.45, 7) is 0. The van der Waals surface area contributed by atoms with E-state index in [0.29, 0.717) is 11.4 Å². The van der Waals surface area contributed by atoms with Crippen molar-refractivity contribution in [2.45, 2.75) is 0 Å². The Balaban J connectivity index is 1.96. The lowest BCUT2D eigenvalue weighted by Gasteiger charge is -2.23. The van der Waals surface area contributed by atoms with Crippen molar-refractivity contribution in [3.63, 3.8) is 0 Å². The molecule has 0 amide bonds. The van der Waals surface area contributed by atoms with E-state index in [-0.39, 0.29) is 22.5 Å². The molecular formula is C21H15N3O6. The highest BCUT2D eigenvalue weighted by Gasteiger charge is 2.40. The van der Waals surface area contributed by atoms with Gasteiger partial charge in [0.25, 0.3) is 5.69 Å². The van der Waals surface area contributed by atoms with Crippen LogP contribution in [0.1, 0.15) is 31.8 Å². The number of aromatic hydroxyl groups is 1. The summed E-state index contributed by atoms with van der Waals surface area (Å²) in [5.74, 6) is -1.57. The summed E-state index contributed by atoms with van der Waals surface area (Å²) < 4.78 is 5.30. The van der Waals surface area contributed by atoms with E-state index in [2.05, 4.69) is 5.32 Å². The number of fused-ring (bicyclic) bond motifs is 2. The van der Waals surface area contributed by atoms with Gasteiger partial charge in [0.15, 0.2) is 0 Å². The van der Waals surface area contributed by atoms with Gasteiger partial charge < -0.3 is 20.9 Å². The zero-order valence-electron chi connectivity index (χ0n) is 15.6. The van der Waals surface area contributed by atoms with Crippen LogP contribution in [0.5, 0.6) is 11.5 Å². The first-order valence-electron chi connectivity index (χ1n) is 8.77. The summed E-state index contributed by atoms with van der Waals surface area (Å²) in [6, 6.07) is 11.9. The number of phenolic OH excluding ortho intramolecular Hbond substituents is 1.